The van der Waals surface area contributed by atoms with Gasteiger partial charge in [-0.1, -0.05) is 43.3 Å². The number of nitrogens with two attached hydrogens (primary N) is 1. The van der Waals surface area contributed by atoms with Gasteiger partial charge in [-0.2, -0.15) is 0 Å². The Labute approximate surface area is 90.8 Å². The van der Waals surface area contributed by atoms with E-state index in [0.29, 0.717) is 0 Å². The van der Waals surface area contributed by atoms with E-state index in [0.717, 1.165) is 17.8 Å². The molecule has 2 heteroatoms. The first kappa shape index (κ1) is 11.4. The Morgan fingerprint density at radius 1 is 1.00 bits per heavy atom. The summed E-state index contributed by atoms with van der Waals surface area (Å²) in [4.78, 5) is 4.25. The molecular formula is C13H16N2. The minimum atomic E-state index is 0.750. The molecule has 2 N–H and O–H groups in total. The molecule has 0 saturated heterocycles. The highest BCUT2D eigenvalue weighted by molar-refractivity contribution is 5.58. The van der Waals surface area contributed by atoms with Crippen molar-refractivity contribution >= 4 is 0 Å². The Morgan fingerprint density at radius 2 is 1.60 bits per heavy atom. The van der Waals surface area contributed by atoms with Crippen molar-refractivity contribution in [2.45, 2.75) is 6.92 Å². The monoisotopic (exact) mass is 200 g/mol. The summed E-state index contributed by atoms with van der Waals surface area (Å²) in [6.45, 7) is 2.65. The van der Waals surface area contributed by atoms with Crippen LogP contribution >= 0.6 is 0 Å². The fraction of sp³-hybridized carbons (Fsp3) is 0.154. The van der Waals surface area contributed by atoms with Gasteiger partial charge in [0.1, 0.15) is 0 Å². The average molecular weight is 200 g/mol. The molecule has 0 amide bonds. The lowest BCUT2D eigenvalue weighted by molar-refractivity contribution is 1.14. The van der Waals surface area contributed by atoms with Crippen LogP contribution in [0.25, 0.3) is 11.3 Å². The van der Waals surface area contributed by atoms with E-state index in [4.69, 9.17) is 5.73 Å². The summed E-state index contributed by atoms with van der Waals surface area (Å²) in [5, 5.41) is 0. The zero-order valence-corrected chi connectivity index (χ0v) is 8.93. The molecule has 2 aromatic rings. The van der Waals surface area contributed by atoms with Crippen LogP contribution in [-0.2, 0) is 0 Å². The fourth-order valence-electron chi connectivity index (χ4n) is 1.14. The Hall–Kier alpha value is -1.67. The maximum atomic E-state index is 4.85. The van der Waals surface area contributed by atoms with Crippen LogP contribution in [0.3, 0.4) is 0 Å². The largest absolute Gasteiger partial charge is 0.331 e. The molecule has 0 radical (unpaired) electrons. The average Bonchev–Trinajstić information content (AvgIpc) is 2.32. The Morgan fingerprint density at radius 3 is 2.13 bits per heavy atom. The van der Waals surface area contributed by atoms with Crippen LogP contribution in [-0.4, -0.2) is 11.5 Å². The summed E-state index contributed by atoms with van der Waals surface area (Å²) in [6, 6.07) is 16.1. The van der Waals surface area contributed by atoms with Crippen LogP contribution in [0.2, 0.25) is 0 Å². The first-order valence-corrected chi connectivity index (χ1v) is 5.05. The molecule has 15 heavy (non-hydrogen) atoms. The zero-order chi connectivity index (χ0) is 10.9. The third kappa shape index (κ3) is 3.92. The van der Waals surface area contributed by atoms with Crippen molar-refractivity contribution in [1.29, 1.82) is 0 Å². The first-order chi connectivity index (χ1) is 7.38. The molecule has 0 unspecified atom stereocenters. The van der Waals surface area contributed by atoms with Gasteiger partial charge in [0.05, 0.1) is 5.69 Å². The number of aromatic nitrogens is 1. The van der Waals surface area contributed by atoms with Crippen molar-refractivity contribution < 1.29 is 0 Å². The predicted molar refractivity (Wildman–Crippen MR) is 64.4 cm³/mol. The van der Waals surface area contributed by atoms with Crippen molar-refractivity contribution in [3.05, 3.63) is 54.7 Å². The van der Waals surface area contributed by atoms with Gasteiger partial charge in [-0.25, -0.2) is 0 Å². The maximum absolute atomic E-state index is 4.85. The third-order valence-corrected chi connectivity index (χ3v) is 1.73. The van der Waals surface area contributed by atoms with E-state index in [1.807, 2.05) is 49.5 Å². The van der Waals surface area contributed by atoms with Gasteiger partial charge in [0, 0.05) is 11.8 Å². The van der Waals surface area contributed by atoms with Crippen molar-refractivity contribution in [1.82, 2.24) is 4.98 Å². The number of rotatable bonds is 1. The standard InChI is InChI=1S/C11H9N.C2H7N/c1-2-6-10(7-3-1)11-8-4-5-9-12-11;1-2-3/h1-9H;2-3H2,1H3. The SMILES string of the molecule is CCN.c1ccc(-c2ccccn2)cc1. The first-order valence-electron chi connectivity index (χ1n) is 5.05. The molecule has 0 saturated carbocycles. The smallest absolute Gasteiger partial charge is 0.0701 e. The lowest BCUT2D eigenvalue weighted by atomic mass is 10.1. The zero-order valence-electron chi connectivity index (χ0n) is 8.93. The van der Waals surface area contributed by atoms with Crippen molar-refractivity contribution in [2.24, 2.45) is 5.73 Å². The van der Waals surface area contributed by atoms with Crippen molar-refractivity contribution in [3.63, 3.8) is 0 Å². The lowest BCUT2D eigenvalue weighted by Gasteiger charge is -1.97. The minimum Gasteiger partial charge on any atom is -0.331 e. The minimum absolute atomic E-state index is 0.750. The topological polar surface area (TPSA) is 38.9 Å². The Bertz CT molecular complexity index is 319. The van der Waals surface area contributed by atoms with Gasteiger partial charge in [-0.15, -0.1) is 0 Å². The summed E-state index contributed by atoms with van der Waals surface area (Å²) < 4.78 is 0. The Balaban J connectivity index is 0.000000337. The summed E-state index contributed by atoms with van der Waals surface area (Å²) in [6.07, 6.45) is 1.81. The van der Waals surface area contributed by atoms with Crippen molar-refractivity contribution in [2.75, 3.05) is 6.54 Å². The molecule has 1 aromatic heterocycles. The molecule has 78 valence electrons. The van der Waals surface area contributed by atoms with Crippen LogP contribution in [0.15, 0.2) is 54.7 Å². The summed E-state index contributed by atoms with van der Waals surface area (Å²) in [7, 11) is 0. The molecule has 0 fully saturated rings. The molecule has 1 heterocycles. The van der Waals surface area contributed by atoms with Crippen molar-refractivity contribution in [3.8, 4) is 11.3 Å². The van der Waals surface area contributed by atoms with Crippen LogP contribution in [0.4, 0.5) is 0 Å². The molecule has 1 aromatic carbocycles. The van der Waals surface area contributed by atoms with Gasteiger partial charge in [0.15, 0.2) is 0 Å². The number of benzene rings is 1. The highest BCUT2D eigenvalue weighted by Gasteiger charge is 1.93. The second-order valence-electron chi connectivity index (χ2n) is 2.99. The van der Waals surface area contributed by atoms with E-state index in [2.05, 4.69) is 17.1 Å². The van der Waals surface area contributed by atoms with Gasteiger partial charge in [0.25, 0.3) is 0 Å². The predicted octanol–water partition coefficient (Wildman–Crippen LogP) is 2.71. The molecule has 0 aliphatic heterocycles. The summed E-state index contributed by atoms with van der Waals surface area (Å²) >= 11 is 0. The normalized spacial score (nSPS) is 8.93. The number of hydrogen-bond donors (Lipinski definition) is 1. The van der Waals surface area contributed by atoms with Gasteiger partial charge in [-0.05, 0) is 18.7 Å². The van der Waals surface area contributed by atoms with Gasteiger partial charge in [-0.3, -0.25) is 4.98 Å². The molecule has 2 nitrogen and oxygen atoms in total. The quantitative estimate of drug-likeness (QED) is 0.768. The highest BCUT2D eigenvalue weighted by Crippen LogP contribution is 2.14. The van der Waals surface area contributed by atoms with E-state index in [1.54, 1.807) is 0 Å². The van der Waals surface area contributed by atoms with Crippen LogP contribution < -0.4 is 5.73 Å². The van der Waals surface area contributed by atoms with E-state index >= 15 is 0 Å². The number of nitrogens with zero attached hydrogens (tertiary/aromatic N) is 1. The van der Waals surface area contributed by atoms with Gasteiger partial charge in [0.2, 0.25) is 0 Å². The molecule has 2 rings (SSSR count). The number of hydrogen-bond acceptors (Lipinski definition) is 2. The van der Waals surface area contributed by atoms with Gasteiger partial charge < -0.3 is 5.73 Å². The second-order valence-corrected chi connectivity index (χ2v) is 2.99. The number of pyridine rings is 1. The summed E-state index contributed by atoms with van der Waals surface area (Å²) in [5.41, 5.74) is 7.04. The van der Waals surface area contributed by atoms with Crippen LogP contribution in [0.1, 0.15) is 6.92 Å². The summed E-state index contributed by atoms with van der Waals surface area (Å²) in [5.74, 6) is 0. The molecule has 0 atom stereocenters. The molecule has 0 bridgehead atoms. The second kappa shape index (κ2) is 6.74. The molecule has 0 spiro atoms. The third-order valence-electron chi connectivity index (χ3n) is 1.73. The van der Waals surface area contributed by atoms with Gasteiger partial charge >= 0.3 is 0 Å². The van der Waals surface area contributed by atoms with E-state index in [-0.39, 0.29) is 0 Å². The van der Waals surface area contributed by atoms with E-state index < -0.39 is 0 Å². The van der Waals surface area contributed by atoms with E-state index in [1.165, 1.54) is 0 Å². The highest BCUT2D eigenvalue weighted by atomic mass is 14.7. The molecule has 0 aliphatic rings. The molecule has 0 aliphatic carbocycles. The lowest BCUT2D eigenvalue weighted by Crippen LogP contribution is -1.87. The van der Waals surface area contributed by atoms with E-state index in [9.17, 15) is 0 Å². The van der Waals surface area contributed by atoms with Crippen LogP contribution in [0, 0.1) is 0 Å². The maximum Gasteiger partial charge on any atom is 0.0701 e. The molecular weight excluding hydrogens is 184 g/mol. The Kier molecular flexibility index (Phi) is 5.12. The fourth-order valence-corrected chi connectivity index (χ4v) is 1.14. The van der Waals surface area contributed by atoms with Crippen LogP contribution in [0.5, 0.6) is 0 Å².